The highest BCUT2D eigenvalue weighted by molar-refractivity contribution is 6.06. The fraction of sp³-hybridized carbons (Fsp3) is 0.389. The SMILES string of the molecule is COc1cc(C(=O)NCC2C(=O)N=C(C)C=C2C)cc2c1OCCO2. The average molecular weight is 344 g/mol. The molecule has 132 valence electrons. The number of hydrogen-bond donors (Lipinski definition) is 1. The van der Waals surface area contributed by atoms with Crippen LogP contribution in [0.15, 0.2) is 28.8 Å². The molecule has 7 heteroatoms. The zero-order valence-electron chi connectivity index (χ0n) is 14.4. The molecule has 1 aromatic carbocycles. The highest BCUT2D eigenvalue weighted by atomic mass is 16.6. The molecule has 7 nitrogen and oxygen atoms in total. The first-order valence-electron chi connectivity index (χ1n) is 8.02. The van der Waals surface area contributed by atoms with Gasteiger partial charge in [0.2, 0.25) is 5.75 Å². The zero-order chi connectivity index (χ0) is 18.0. The van der Waals surface area contributed by atoms with Gasteiger partial charge in [0.15, 0.2) is 11.5 Å². The van der Waals surface area contributed by atoms with Crippen molar-refractivity contribution in [2.45, 2.75) is 13.8 Å². The van der Waals surface area contributed by atoms with E-state index in [2.05, 4.69) is 10.3 Å². The predicted octanol–water partition coefficient (Wildman–Crippen LogP) is 1.76. The minimum absolute atomic E-state index is 0.188. The summed E-state index contributed by atoms with van der Waals surface area (Å²) in [5, 5.41) is 2.78. The van der Waals surface area contributed by atoms with Gasteiger partial charge in [-0.1, -0.05) is 5.57 Å². The number of amides is 2. The highest BCUT2D eigenvalue weighted by Gasteiger charge is 2.25. The van der Waals surface area contributed by atoms with Gasteiger partial charge in [0.1, 0.15) is 13.2 Å². The summed E-state index contributed by atoms with van der Waals surface area (Å²) >= 11 is 0. The second-order valence-corrected chi connectivity index (χ2v) is 5.95. The van der Waals surface area contributed by atoms with Crippen LogP contribution in [0.4, 0.5) is 0 Å². The maximum absolute atomic E-state index is 12.5. The number of fused-ring (bicyclic) bond motifs is 1. The Bertz CT molecular complexity index is 765. The van der Waals surface area contributed by atoms with E-state index in [1.807, 2.05) is 13.0 Å². The Morgan fingerprint density at radius 3 is 2.80 bits per heavy atom. The number of carbonyl (C=O) groups excluding carboxylic acids is 2. The largest absolute Gasteiger partial charge is 0.493 e. The third-order valence-electron chi connectivity index (χ3n) is 4.13. The number of rotatable bonds is 4. The number of allylic oxidation sites excluding steroid dienone is 1. The molecule has 1 atom stereocenters. The monoisotopic (exact) mass is 344 g/mol. The molecule has 0 saturated carbocycles. The highest BCUT2D eigenvalue weighted by Crippen LogP contribution is 2.40. The van der Waals surface area contributed by atoms with Gasteiger partial charge in [0.25, 0.3) is 11.8 Å². The van der Waals surface area contributed by atoms with Crippen molar-refractivity contribution in [3.8, 4) is 17.2 Å². The van der Waals surface area contributed by atoms with E-state index in [0.717, 1.165) is 5.57 Å². The number of hydrogen-bond acceptors (Lipinski definition) is 5. The summed E-state index contributed by atoms with van der Waals surface area (Å²) in [7, 11) is 1.50. The molecule has 0 bridgehead atoms. The van der Waals surface area contributed by atoms with Gasteiger partial charge in [0.05, 0.1) is 13.0 Å². The summed E-state index contributed by atoms with van der Waals surface area (Å²) < 4.78 is 16.3. The van der Waals surface area contributed by atoms with Crippen LogP contribution in [0.5, 0.6) is 17.2 Å². The lowest BCUT2D eigenvalue weighted by Gasteiger charge is -2.22. The fourth-order valence-electron chi connectivity index (χ4n) is 2.86. The second kappa shape index (κ2) is 6.96. The number of ether oxygens (including phenoxy) is 3. The third kappa shape index (κ3) is 3.50. The van der Waals surface area contributed by atoms with E-state index < -0.39 is 5.92 Å². The Morgan fingerprint density at radius 2 is 2.08 bits per heavy atom. The molecule has 0 aromatic heterocycles. The standard InChI is InChI=1S/C18H20N2O5/c1-10-6-11(2)20-18(22)13(10)9-19-17(21)12-7-14(23-3)16-15(8-12)24-4-5-25-16/h6-8,13H,4-5,9H2,1-3H3,(H,19,21). The van der Waals surface area contributed by atoms with Crippen LogP contribution in [-0.2, 0) is 4.79 Å². The quantitative estimate of drug-likeness (QED) is 0.899. The van der Waals surface area contributed by atoms with Crippen LogP contribution in [0.2, 0.25) is 0 Å². The summed E-state index contributed by atoms with van der Waals surface area (Å²) in [5.41, 5.74) is 1.95. The maximum Gasteiger partial charge on any atom is 0.254 e. The van der Waals surface area contributed by atoms with Crippen LogP contribution < -0.4 is 19.5 Å². The Kier molecular flexibility index (Phi) is 4.74. The number of nitrogens with one attached hydrogen (secondary N) is 1. The Morgan fingerprint density at radius 1 is 1.32 bits per heavy atom. The molecule has 0 saturated heterocycles. The van der Waals surface area contributed by atoms with Crippen LogP contribution in [0.1, 0.15) is 24.2 Å². The van der Waals surface area contributed by atoms with Crippen LogP contribution in [0, 0.1) is 5.92 Å². The molecule has 0 radical (unpaired) electrons. The Labute approximate surface area is 145 Å². The molecule has 2 aliphatic rings. The van der Waals surface area contributed by atoms with Crippen molar-refractivity contribution in [3.63, 3.8) is 0 Å². The number of dihydropyridines is 1. The summed E-state index contributed by atoms with van der Waals surface area (Å²) in [6.45, 7) is 4.68. The lowest BCUT2D eigenvalue weighted by Crippen LogP contribution is -2.34. The van der Waals surface area contributed by atoms with Crippen molar-refractivity contribution in [1.82, 2.24) is 5.32 Å². The lowest BCUT2D eigenvalue weighted by molar-refractivity contribution is -0.120. The van der Waals surface area contributed by atoms with Crippen molar-refractivity contribution in [1.29, 1.82) is 0 Å². The number of methoxy groups -OCH3 is 1. The molecular formula is C18H20N2O5. The van der Waals surface area contributed by atoms with E-state index in [9.17, 15) is 9.59 Å². The molecule has 2 amide bonds. The molecule has 1 unspecified atom stereocenters. The van der Waals surface area contributed by atoms with E-state index in [1.165, 1.54) is 7.11 Å². The van der Waals surface area contributed by atoms with E-state index in [4.69, 9.17) is 14.2 Å². The topological polar surface area (TPSA) is 86.2 Å². The van der Waals surface area contributed by atoms with Crippen molar-refractivity contribution in [3.05, 3.63) is 29.3 Å². The zero-order valence-corrected chi connectivity index (χ0v) is 14.4. The van der Waals surface area contributed by atoms with Crippen LogP contribution in [-0.4, -0.2) is 44.4 Å². The van der Waals surface area contributed by atoms with Crippen molar-refractivity contribution >= 4 is 17.5 Å². The van der Waals surface area contributed by atoms with E-state index >= 15 is 0 Å². The molecule has 1 aromatic rings. The minimum Gasteiger partial charge on any atom is -0.493 e. The fourth-order valence-corrected chi connectivity index (χ4v) is 2.86. The summed E-state index contributed by atoms with van der Waals surface area (Å²) in [6.07, 6.45) is 1.85. The van der Waals surface area contributed by atoms with Gasteiger partial charge in [-0.05, 0) is 32.1 Å². The molecular weight excluding hydrogens is 324 g/mol. The van der Waals surface area contributed by atoms with Crippen LogP contribution >= 0.6 is 0 Å². The van der Waals surface area contributed by atoms with Gasteiger partial charge >= 0.3 is 0 Å². The van der Waals surface area contributed by atoms with Gasteiger partial charge in [-0.2, -0.15) is 0 Å². The number of aliphatic imine (C=N–C) groups is 1. The second-order valence-electron chi connectivity index (χ2n) is 5.95. The van der Waals surface area contributed by atoms with Gasteiger partial charge in [-0.3, -0.25) is 9.59 Å². The van der Waals surface area contributed by atoms with Gasteiger partial charge in [-0.25, -0.2) is 4.99 Å². The van der Waals surface area contributed by atoms with Gasteiger partial charge in [0, 0.05) is 17.8 Å². The molecule has 1 N–H and O–H groups in total. The van der Waals surface area contributed by atoms with Crippen LogP contribution in [0.25, 0.3) is 0 Å². The molecule has 2 heterocycles. The number of nitrogens with zero attached hydrogens (tertiary/aromatic N) is 1. The first-order chi connectivity index (χ1) is 12.0. The molecule has 0 fully saturated rings. The molecule has 0 aliphatic carbocycles. The summed E-state index contributed by atoms with van der Waals surface area (Å²) in [5.74, 6) is 0.413. The number of benzene rings is 1. The van der Waals surface area contributed by atoms with Crippen molar-refractivity contribution in [2.75, 3.05) is 26.9 Å². The first kappa shape index (κ1) is 17.0. The molecule has 3 rings (SSSR count). The Hall–Kier alpha value is -2.83. The normalized spacial score (nSPS) is 19.0. The lowest BCUT2D eigenvalue weighted by atomic mass is 9.95. The third-order valence-corrected chi connectivity index (χ3v) is 4.13. The summed E-state index contributed by atoms with van der Waals surface area (Å²) in [4.78, 5) is 28.5. The number of carbonyl (C=O) groups is 2. The molecule has 0 spiro atoms. The maximum atomic E-state index is 12.5. The Balaban J connectivity index is 1.74. The summed E-state index contributed by atoms with van der Waals surface area (Å²) in [6, 6.07) is 3.20. The van der Waals surface area contributed by atoms with E-state index in [1.54, 1.807) is 19.1 Å². The van der Waals surface area contributed by atoms with Crippen molar-refractivity contribution < 1.29 is 23.8 Å². The van der Waals surface area contributed by atoms with Crippen molar-refractivity contribution in [2.24, 2.45) is 10.9 Å². The van der Waals surface area contributed by atoms with E-state index in [0.29, 0.717) is 41.7 Å². The average Bonchev–Trinajstić information content (AvgIpc) is 2.59. The molecule has 25 heavy (non-hydrogen) atoms. The first-order valence-corrected chi connectivity index (χ1v) is 8.02. The minimum atomic E-state index is -0.438. The smallest absolute Gasteiger partial charge is 0.254 e. The van der Waals surface area contributed by atoms with Gasteiger partial charge in [-0.15, -0.1) is 0 Å². The predicted molar refractivity (Wildman–Crippen MR) is 91.7 cm³/mol. The van der Waals surface area contributed by atoms with Crippen LogP contribution in [0.3, 0.4) is 0 Å². The molecule has 2 aliphatic heterocycles. The van der Waals surface area contributed by atoms with E-state index in [-0.39, 0.29) is 18.4 Å². The van der Waals surface area contributed by atoms with Gasteiger partial charge < -0.3 is 19.5 Å².